The van der Waals surface area contributed by atoms with Crippen LogP contribution in [0.4, 0.5) is 42.8 Å². The van der Waals surface area contributed by atoms with Gasteiger partial charge in [-0.25, -0.2) is 22.7 Å². The van der Waals surface area contributed by atoms with Crippen molar-refractivity contribution >= 4 is 56.9 Å². The van der Waals surface area contributed by atoms with Crippen LogP contribution in [0.2, 0.25) is 0 Å². The SMILES string of the molecule is CCc1cccc(C)c1N(C(=O)CCl)C(C)COC.COc1nc(NC(=O)NS(=O)(=O)c2ccccc2C(F)(F)F)nc(C(F)(F)F)n1.O=C(O)C1=NOC(c2ccccc2)(c2ccccc2)C1. The Morgan fingerprint density at radius 1 is 0.868 bits per heavy atom. The number of rotatable bonds is 13. The van der Waals surface area contributed by atoms with E-state index in [1.807, 2.05) is 86.6 Å². The van der Waals surface area contributed by atoms with Gasteiger partial charge in [0.15, 0.2) is 11.3 Å². The molecule has 5 aromatic rings. The van der Waals surface area contributed by atoms with Crippen LogP contribution < -0.4 is 19.7 Å². The van der Waals surface area contributed by atoms with E-state index >= 15 is 0 Å². The summed E-state index contributed by atoms with van der Waals surface area (Å²) in [4.78, 5) is 50.3. The molecule has 1 aliphatic heterocycles. The topological polar surface area (TPSA) is 212 Å². The summed E-state index contributed by atoms with van der Waals surface area (Å²) in [5.74, 6) is -3.97. The van der Waals surface area contributed by atoms with Crippen LogP contribution in [0.1, 0.15) is 53.9 Å². The third kappa shape index (κ3) is 13.6. The van der Waals surface area contributed by atoms with Crippen LogP contribution in [-0.4, -0.2) is 84.8 Å². The molecule has 16 nitrogen and oxygen atoms in total. The molecule has 0 spiro atoms. The molecule has 1 aromatic heterocycles. The molecule has 1 unspecified atom stereocenters. The van der Waals surface area contributed by atoms with Gasteiger partial charge >= 0.3 is 30.4 Å². The first-order valence-corrected chi connectivity index (χ1v) is 22.0. The third-order valence-electron chi connectivity index (χ3n) is 9.62. The Labute approximate surface area is 391 Å². The molecule has 0 aliphatic carbocycles. The van der Waals surface area contributed by atoms with Crippen molar-refractivity contribution in [3.8, 4) is 6.01 Å². The van der Waals surface area contributed by atoms with Crippen LogP contribution in [0.3, 0.4) is 0 Å². The number of para-hydroxylation sites is 1. The normalized spacial score (nSPS) is 13.5. The molecule has 4 aromatic carbocycles. The van der Waals surface area contributed by atoms with Gasteiger partial charge in [0.1, 0.15) is 5.88 Å². The van der Waals surface area contributed by atoms with Crippen molar-refractivity contribution in [3.05, 3.63) is 137 Å². The van der Waals surface area contributed by atoms with Gasteiger partial charge in [0.2, 0.25) is 17.7 Å². The highest BCUT2D eigenvalue weighted by Gasteiger charge is 2.45. The molecule has 6 rings (SSSR count). The highest BCUT2D eigenvalue weighted by Crippen LogP contribution is 2.41. The van der Waals surface area contributed by atoms with Crippen LogP contribution in [0.15, 0.2) is 113 Å². The van der Waals surface area contributed by atoms with Crippen LogP contribution >= 0.6 is 11.6 Å². The number of oxime groups is 1. The Hall–Kier alpha value is -6.85. The van der Waals surface area contributed by atoms with Crippen LogP contribution in [-0.2, 0) is 53.6 Å². The number of aryl methyl sites for hydroxylation is 2. The number of methoxy groups -OCH3 is 2. The maximum atomic E-state index is 13.0. The molecule has 3 N–H and O–H groups in total. The molecule has 0 radical (unpaired) electrons. The number of aromatic nitrogens is 3. The molecular formula is C44H44ClF6N7O9S. The van der Waals surface area contributed by atoms with E-state index in [2.05, 4.69) is 37.8 Å². The highest BCUT2D eigenvalue weighted by atomic mass is 35.5. The van der Waals surface area contributed by atoms with Crippen molar-refractivity contribution in [2.75, 3.05) is 36.9 Å². The molecule has 1 aliphatic rings. The molecule has 3 amide bonds. The summed E-state index contributed by atoms with van der Waals surface area (Å²) in [7, 11) is -2.50. The molecule has 0 fully saturated rings. The van der Waals surface area contributed by atoms with E-state index in [0.29, 0.717) is 18.7 Å². The number of carboxylic acids is 1. The van der Waals surface area contributed by atoms with Gasteiger partial charge in [0.05, 0.1) is 42.3 Å². The van der Waals surface area contributed by atoms with Crippen molar-refractivity contribution in [1.29, 1.82) is 0 Å². The second-order valence-corrected chi connectivity index (χ2v) is 16.2. The van der Waals surface area contributed by atoms with Gasteiger partial charge < -0.3 is 24.3 Å². The average Bonchev–Trinajstić information content (AvgIpc) is 3.77. The summed E-state index contributed by atoms with van der Waals surface area (Å²) in [6.07, 6.45) is -9.01. The summed E-state index contributed by atoms with van der Waals surface area (Å²) >= 11 is 5.76. The minimum absolute atomic E-state index is 0.0223. The zero-order valence-corrected chi connectivity index (χ0v) is 38.3. The molecule has 68 heavy (non-hydrogen) atoms. The molecule has 1 atom stereocenters. The van der Waals surface area contributed by atoms with E-state index in [0.717, 1.165) is 53.6 Å². The zero-order chi connectivity index (χ0) is 50.5. The minimum Gasteiger partial charge on any atom is -0.477 e. The molecular weight excluding hydrogens is 952 g/mol. The minimum atomic E-state index is -5.05. The number of carboxylic acid groups (broad SMARTS) is 1. The van der Waals surface area contributed by atoms with Gasteiger partial charge in [-0.3, -0.25) is 10.1 Å². The smallest absolute Gasteiger partial charge is 0.451 e. The highest BCUT2D eigenvalue weighted by molar-refractivity contribution is 7.90. The predicted octanol–water partition coefficient (Wildman–Crippen LogP) is 8.38. The number of halogens is 7. The van der Waals surface area contributed by atoms with Gasteiger partial charge in [0.25, 0.3) is 10.0 Å². The van der Waals surface area contributed by atoms with E-state index in [-0.39, 0.29) is 30.0 Å². The van der Waals surface area contributed by atoms with Crippen LogP contribution in [0.5, 0.6) is 6.01 Å². The number of carbonyl (C=O) groups excluding carboxylic acids is 2. The Balaban J connectivity index is 0.000000229. The Morgan fingerprint density at radius 3 is 1.96 bits per heavy atom. The van der Waals surface area contributed by atoms with Gasteiger partial charge in [-0.2, -0.15) is 41.3 Å². The van der Waals surface area contributed by atoms with E-state index in [9.17, 15) is 49.1 Å². The molecule has 0 saturated carbocycles. The van der Waals surface area contributed by atoms with Crippen molar-refractivity contribution in [1.82, 2.24) is 19.7 Å². The van der Waals surface area contributed by atoms with E-state index in [1.54, 1.807) is 17.3 Å². The standard InChI is InChI=1S/C16H13NO3.C15H22ClNO2.C13H9F6N5O4S/c18-15(19)14-11-16(20-17-14,12-7-3-1-4-8-12)13-9-5-2-6-10-13;1-5-13-8-6-7-11(2)15(13)17(14(18)9-16)12(3)10-19-4;1-28-11-21-8(13(17,18)19)20-9(23-11)22-10(25)24-29(26,27)7-5-3-2-4-6(7)12(14,15)16/h1-10H,11H2,(H,18,19);6-8,12H,5,9-10H2,1-4H3;2-5H,1H3,(H2,20,21,22,23,24,25). The van der Waals surface area contributed by atoms with Gasteiger partial charge in [-0.1, -0.05) is 103 Å². The summed E-state index contributed by atoms with van der Waals surface area (Å²) in [5.41, 5.74) is 2.63. The van der Waals surface area contributed by atoms with E-state index < -0.39 is 68.2 Å². The number of benzene rings is 4. The maximum Gasteiger partial charge on any atom is 0.451 e. The number of ether oxygens (including phenoxy) is 2. The molecule has 24 heteroatoms. The number of carbonyl (C=O) groups is 3. The molecule has 364 valence electrons. The second kappa shape index (κ2) is 23.2. The monoisotopic (exact) mass is 995 g/mol. The first-order chi connectivity index (χ1) is 32.0. The largest absolute Gasteiger partial charge is 0.477 e. The zero-order valence-electron chi connectivity index (χ0n) is 36.7. The number of nitrogens with zero attached hydrogens (tertiary/aromatic N) is 5. The first-order valence-electron chi connectivity index (χ1n) is 19.9. The number of urea groups is 1. The molecule has 2 heterocycles. The number of amides is 3. The Kier molecular flexibility index (Phi) is 18.4. The van der Waals surface area contributed by atoms with Crippen LogP contribution in [0, 0.1) is 6.92 Å². The van der Waals surface area contributed by atoms with Crippen molar-refractivity contribution in [2.45, 2.75) is 62.5 Å². The number of sulfonamides is 1. The number of anilines is 2. The fourth-order valence-corrected chi connectivity index (χ4v) is 7.89. The third-order valence-corrected chi connectivity index (χ3v) is 11.2. The number of hydrogen-bond donors (Lipinski definition) is 3. The fourth-order valence-electron chi connectivity index (χ4n) is 6.63. The lowest BCUT2D eigenvalue weighted by Gasteiger charge is -2.31. The molecule has 0 saturated heterocycles. The lowest BCUT2D eigenvalue weighted by Crippen LogP contribution is -2.43. The van der Waals surface area contributed by atoms with Gasteiger partial charge in [0, 0.05) is 18.2 Å². The lowest BCUT2D eigenvalue weighted by atomic mass is 9.82. The Bertz CT molecular complexity index is 2640. The average molecular weight is 996 g/mol. The summed E-state index contributed by atoms with van der Waals surface area (Å²) in [6.45, 7) is 6.56. The summed E-state index contributed by atoms with van der Waals surface area (Å²) in [5, 5.41) is 14.4. The maximum absolute atomic E-state index is 13.0. The number of hydrogen-bond acceptors (Lipinski definition) is 12. The van der Waals surface area contributed by atoms with E-state index in [4.69, 9.17) is 26.3 Å². The predicted molar refractivity (Wildman–Crippen MR) is 237 cm³/mol. The number of nitrogens with one attached hydrogen (secondary N) is 2. The lowest BCUT2D eigenvalue weighted by molar-refractivity contribution is -0.145. The molecule has 0 bridgehead atoms. The van der Waals surface area contributed by atoms with E-state index in [1.165, 1.54) is 4.72 Å². The fraction of sp³-hybridized carbons (Fsp3) is 0.295. The number of aliphatic carboxylic acids is 1. The summed E-state index contributed by atoms with van der Waals surface area (Å²) in [6, 6.07) is 25.6. The summed E-state index contributed by atoms with van der Waals surface area (Å²) < 4.78 is 112. The quantitative estimate of drug-likeness (QED) is 0.0750. The van der Waals surface area contributed by atoms with Crippen molar-refractivity contribution < 1.29 is 68.6 Å². The second-order valence-electron chi connectivity index (χ2n) is 14.3. The van der Waals surface area contributed by atoms with Crippen molar-refractivity contribution in [3.63, 3.8) is 0 Å². The van der Waals surface area contributed by atoms with Crippen molar-refractivity contribution in [2.24, 2.45) is 5.16 Å². The van der Waals surface area contributed by atoms with Crippen LogP contribution in [0.25, 0.3) is 0 Å². The van der Waals surface area contributed by atoms with Gasteiger partial charge in [-0.05, 0) is 43.5 Å². The van der Waals surface area contributed by atoms with Gasteiger partial charge in [-0.15, -0.1) is 11.6 Å². The number of alkyl halides is 7. The first kappa shape index (κ1) is 53.8. The Morgan fingerprint density at radius 2 is 1.46 bits per heavy atom.